The zero-order chi connectivity index (χ0) is 15.9. The van der Waals surface area contributed by atoms with Crippen molar-refractivity contribution in [3.63, 3.8) is 0 Å². The zero-order valence-electron chi connectivity index (χ0n) is 13.1. The number of amides is 1. The highest BCUT2D eigenvalue weighted by Gasteiger charge is 2.22. The highest BCUT2D eigenvalue weighted by Crippen LogP contribution is 2.20. The van der Waals surface area contributed by atoms with E-state index in [1.807, 2.05) is 61.0 Å². The smallest absolute Gasteiger partial charge is 0.225 e. The fourth-order valence-electron chi connectivity index (χ4n) is 2.30. The molecular weight excluding hydrogens is 294 g/mol. The van der Waals surface area contributed by atoms with Crippen molar-refractivity contribution in [2.75, 3.05) is 6.54 Å². The fourth-order valence-corrected chi connectivity index (χ4v) is 3.01. The Morgan fingerprint density at radius 1 is 1.27 bits per heavy atom. The quantitative estimate of drug-likeness (QED) is 0.842. The lowest BCUT2D eigenvalue weighted by Crippen LogP contribution is -2.37. The normalized spacial score (nSPS) is 13.6. The second kappa shape index (κ2) is 8.11. The van der Waals surface area contributed by atoms with Gasteiger partial charge in [-0.25, -0.2) is 0 Å². The van der Waals surface area contributed by atoms with Crippen molar-refractivity contribution in [3.05, 3.63) is 58.3 Å². The minimum atomic E-state index is -0.636. The molecule has 0 bridgehead atoms. The molecule has 0 fully saturated rings. The SMILES string of the molecule is CCC(C)C(=O)N(Cc1ccccc1)CC(O)c1ccsc1. The third kappa shape index (κ3) is 4.42. The molecule has 1 N–H and O–H groups in total. The Hall–Kier alpha value is -1.65. The van der Waals surface area contributed by atoms with Gasteiger partial charge in [-0.1, -0.05) is 44.2 Å². The van der Waals surface area contributed by atoms with Crippen LogP contribution in [0.25, 0.3) is 0 Å². The zero-order valence-corrected chi connectivity index (χ0v) is 13.9. The van der Waals surface area contributed by atoms with E-state index in [9.17, 15) is 9.90 Å². The Balaban J connectivity index is 2.12. The predicted octanol–water partition coefficient (Wildman–Crippen LogP) is 3.86. The Morgan fingerprint density at radius 2 is 2.00 bits per heavy atom. The number of hydrogen-bond donors (Lipinski definition) is 1. The van der Waals surface area contributed by atoms with Gasteiger partial charge in [0, 0.05) is 12.5 Å². The largest absolute Gasteiger partial charge is 0.387 e. The average molecular weight is 317 g/mol. The molecular formula is C18H23NO2S. The minimum Gasteiger partial charge on any atom is -0.387 e. The van der Waals surface area contributed by atoms with E-state index in [4.69, 9.17) is 0 Å². The van der Waals surface area contributed by atoms with E-state index in [0.717, 1.165) is 17.5 Å². The van der Waals surface area contributed by atoms with Gasteiger partial charge in [0.2, 0.25) is 5.91 Å². The van der Waals surface area contributed by atoms with Gasteiger partial charge in [0.25, 0.3) is 0 Å². The molecule has 0 aliphatic heterocycles. The maximum absolute atomic E-state index is 12.6. The van der Waals surface area contributed by atoms with Crippen LogP contribution in [-0.4, -0.2) is 22.5 Å². The molecule has 118 valence electrons. The number of benzene rings is 1. The van der Waals surface area contributed by atoms with Gasteiger partial charge >= 0.3 is 0 Å². The molecule has 2 rings (SSSR count). The molecule has 1 aromatic carbocycles. The van der Waals surface area contributed by atoms with Gasteiger partial charge in [-0.05, 0) is 34.4 Å². The topological polar surface area (TPSA) is 40.5 Å². The van der Waals surface area contributed by atoms with Crippen LogP contribution in [0.4, 0.5) is 0 Å². The average Bonchev–Trinajstić information content (AvgIpc) is 3.08. The number of aliphatic hydroxyl groups excluding tert-OH is 1. The molecule has 0 aliphatic rings. The first kappa shape index (κ1) is 16.7. The van der Waals surface area contributed by atoms with E-state index >= 15 is 0 Å². The summed E-state index contributed by atoms with van der Waals surface area (Å²) in [5.74, 6) is 0.0685. The van der Waals surface area contributed by atoms with Crippen LogP contribution < -0.4 is 0 Å². The summed E-state index contributed by atoms with van der Waals surface area (Å²) in [6.07, 6.45) is 0.168. The summed E-state index contributed by atoms with van der Waals surface area (Å²) >= 11 is 1.55. The second-order valence-corrected chi connectivity index (χ2v) is 6.37. The summed E-state index contributed by atoms with van der Waals surface area (Å²) in [5.41, 5.74) is 1.96. The molecule has 0 spiro atoms. The van der Waals surface area contributed by atoms with Crippen molar-refractivity contribution in [3.8, 4) is 0 Å². The van der Waals surface area contributed by atoms with Crippen LogP contribution in [-0.2, 0) is 11.3 Å². The number of rotatable bonds is 7. The van der Waals surface area contributed by atoms with E-state index in [-0.39, 0.29) is 11.8 Å². The van der Waals surface area contributed by atoms with Crippen LogP contribution in [0, 0.1) is 5.92 Å². The Morgan fingerprint density at radius 3 is 2.59 bits per heavy atom. The van der Waals surface area contributed by atoms with E-state index < -0.39 is 6.10 Å². The predicted molar refractivity (Wildman–Crippen MR) is 90.6 cm³/mol. The Kier molecular flexibility index (Phi) is 6.16. The maximum Gasteiger partial charge on any atom is 0.225 e. The van der Waals surface area contributed by atoms with E-state index in [0.29, 0.717) is 13.1 Å². The van der Waals surface area contributed by atoms with Gasteiger partial charge in [0.15, 0.2) is 0 Å². The van der Waals surface area contributed by atoms with Gasteiger partial charge < -0.3 is 10.0 Å². The van der Waals surface area contributed by atoms with Crippen molar-refractivity contribution in [2.45, 2.75) is 32.9 Å². The van der Waals surface area contributed by atoms with Gasteiger partial charge in [-0.2, -0.15) is 11.3 Å². The number of aliphatic hydroxyl groups is 1. The first-order chi connectivity index (χ1) is 10.6. The standard InChI is InChI=1S/C18H23NO2S/c1-3-14(2)18(21)19(11-15-7-5-4-6-8-15)12-17(20)16-9-10-22-13-16/h4-10,13-14,17,20H,3,11-12H2,1-2H3. The van der Waals surface area contributed by atoms with Crippen LogP contribution >= 0.6 is 11.3 Å². The first-order valence-corrected chi connectivity index (χ1v) is 8.59. The fraction of sp³-hybridized carbons (Fsp3) is 0.389. The third-order valence-electron chi connectivity index (χ3n) is 3.88. The highest BCUT2D eigenvalue weighted by atomic mass is 32.1. The molecule has 1 aromatic heterocycles. The van der Waals surface area contributed by atoms with Gasteiger partial charge in [-0.15, -0.1) is 0 Å². The monoisotopic (exact) mass is 317 g/mol. The van der Waals surface area contributed by atoms with Crippen LogP contribution in [0.1, 0.15) is 37.5 Å². The Bertz CT molecular complexity index is 568. The molecule has 0 radical (unpaired) electrons. The summed E-state index contributed by atoms with van der Waals surface area (Å²) < 4.78 is 0. The number of hydrogen-bond acceptors (Lipinski definition) is 3. The molecule has 1 amide bonds. The summed E-state index contributed by atoms with van der Waals surface area (Å²) in [4.78, 5) is 14.4. The van der Waals surface area contributed by atoms with Crippen LogP contribution in [0.3, 0.4) is 0 Å². The van der Waals surface area contributed by atoms with Gasteiger partial charge in [-0.3, -0.25) is 4.79 Å². The van der Waals surface area contributed by atoms with Crippen LogP contribution in [0.2, 0.25) is 0 Å². The lowest BCUT2D eigenvalue weighted by molar-refractivity contribution is -0.137. The second-order valence-electron chi connectivity index (χ2n) is 5.59. The maximum atomic E-state index is 12.6. The van der Waals surface area contributed by atoms with Crippen molar-refractivity contribution < 1.29 is 9.90 Å². The Labute approximate surface area is 136 Å². The molecule has 0 saturated carbocycles. The molecule has 22 heavy (non-hydrogen) atoms. The van der Waals surface area contributed by atoms with E-state index in [1.165, 1.54) is 0 Å². The number of nitrogens with zero attached hydrogens (tertiary/aromatic N) is 1. The van der Waals surface area contributed by atoms with Crippen LogP contribution in [0.5, 0.6) is 0 Å². The summed E-state index contributed by atoms with van der Waals surface area (Å²) in [6.45, 7) is 4.82. The lowest BCUT2D eigenvalue weighted by Gasteiger charge is -2.27. The van der Waals surface area contributed by atoms with Crippen molar-refractivity contribution in [1.29, 1.82) is 0 Å². The molecule has 0 aliphatic carbocycles. The number of carbonyl (C=O) groups is 1. The van der Waals surface area contributed by atoms with Crippen molar-refractivity contribution >= 4 is 17.2 Å². The molecule has 2 atom stereocenters. The molecule has 2 unspecified atom stereocenters. The first-order valence-electron chi connectivity index (χ1n) is 7.64. The summed E-state index contributed by atoms with van der Waals surface area (Å²) in [6, 6.07) is 11.8. The van der Waals surface area contributed by atoms with Crippen LogP contribution in [0.15, 0.2) is 47.2 Å². The molecule has 3 nitrogen and oxygen atoms in total. The van der Waals surface area contributed by atoms with Crippen molar-refractivity contribution in [1.82, 2.24) is 4.90 Å². The molecule has 0 saturated heterocycles. The summed E-state index contributed by atoms with van der Waals surface area (Å²) in [7, 11) is 0. The molecule has 2 aromatic rings. The number of thiophene rings is 1. The van der Waals surface area contributed by atoms with E-state index in [2.05, 4.69) is 0 Å². The minimum absolute atomic E-state index is 0.0293. The van der Waals surface area contributed by atoms with E-state index in [1.54, 1.807) is 16.2 Å². The van der Waals surface area contributed by atoms with Gasteiger partial charge in [0.1, 0.15) is 0 Å². The van der Waals surface area contributed by atoms with Gasteiger partial charge in [0.05, 0.1) is 12.6 Å². The highest BCUT2D eigenvalue weighted by molar-refractivity contribution is 7.07. The third-order valence-corrected chi connectivity index (χ3v) is 4.58. The molecule has 1 heterocycles. The lowest BCUT2D eigenvalue weighted by atomic mass is 10.1. The van der Waals surface area contributed by atoms with Crippen molar-refractivity contribution in [2.24, 2.45) is 5.92 Å². The molecule has 4 heteroatoms. The number of carbonyl (C=O) groups excluding carboxylic acids is 1. The summed E-state index contributed by atoms with van der Waals surface area (Å²) in [5, 5.41) is 14.2.